The maximum Gasteiger partial charge on any atom is 0.165 e. The van der Waals surface area contributed by atoms with E-state index in [0.717, 1.165) is 18.2 Å². The van der Waals surface area contributed by atoms with Gasteiger partial charge in [0.05, 0.1) is 42.4 Å². The first-order valence-electron chi connectivity index (χ1n) is 11.8. The third-order valence-electron chi connectivity index (χ3n) is 7.02. The molecule has 4 heterocycles. The summed E-state index contributed by atoms with van der Waals surface area (Å²) in [6.45, 7) is 4.45. The van der Waals surface area contributed by atoms with Crippen LogP contribution < -0.4 is 10.2 Å². The molecule has 1 aliphatic carbocycles. The van der Waals surface area contributed by atoms with Gasteiger partial charge in [-0.15, -0.1) is 0 Å². The van der Waals surface area contributed by atoms with Crippen molar-refractivity contribution in [2.75, 3.05) is 36.5 Å². The zero-order valence-corrected chi connectivity index (χ0v) is 19.2. The highest BCUT2D eigenvalue weighted by Crippen LogP contribution is 2.39. The first kappa shape index (κ1) is 22.9. The van der Waals surface area contributed by atoms with Crippen molar-refractivity contribution in [3.8, 4) is 0 Å². The van der Waals surface area contributed by atoms with E-state index in [1.54, 1.807) is 25.3 Å². The van der Waals surface area contributed by atoms with Crippen molar-refractivity contribution in [2.45, 2.75) is 44.3 Å². The van der Waals surface area contributed by atoms with E-state index in [1.807, 2.05) is 12.1 Å². The Bertz CT molecular complexity index is 1160. The van der Waals surface area contributed by atoms with E-state index in [9.17, 15) is 14.6 Å². The molecule has 8 nitrogen and oxygen atoms in total. The van der Waals surface area contributed by atoms with Crippen LogP contribution in [0.5, 0.6) is 0 Å². The number of aliphatic hydroxyl groups is 2. The number of hydrogen-bond donors (Lipinski definition) is 3. The van der Waals surface area contributed by atoms with Crippen LogP contribution in [0.25, 0.3) is 10.9 Å². The lowest BCUT2D eigenvalue weighted by Gasteiger charge is -2.36. The van der Waals surface area contributed by atoms with Crippen molar-refractivity contribution >= 4 is 28.2 Å². The zero-order valence-electron chi connectivity index (χ0n) is 19.2. The van der Waals surface area contributed by atoms with Crippen LogP contribution >= 0.6 is 0 Å². The van der Waals surface area contributed by atoms with E-state index in [2.05, 4.69) is 20.2 Å². The number of nitrogens with zero attached hydrogens (tertiary/aromatic N) is 4. The number of ether oxygens (including phenoxy) is 1. The Morgan fingerprint density at radius 3 is 2.62 bits per heavy atom. The fraction of sp³-hybridized carbons (Fsp3) is 0.480. The van der Waals surface area contributed by atoms with Gasteiger partial charge in [0.1, 0.15) is 17.2 Å². The molecule has 1 saturated carbocycles. The summed E-state index contributed by atoms with van der Waals surface area (Å²) in [7, 11) is 0. The predicted octanol–water partition coefficient (Wildman–Crippen LogP) is 3.50. The molecule has 9 heteroatoms. The summed E-state index contributed by atoms with van der Waals surface area (Å²) in [6.07, 6.45) is 5.50. The Balaban J connectivity index is 1.40. The van der Waals surface area contributed by atoms with E-state index < -0.39 is 11.4 Å². The molecule has 2 aliphatic rings. The van der Waals surface area contributed by atoms with E-state index in [4.69, 9.17) is 9.72 Å². The van der Waals surface area contributed by atoms with Crippen molar-refractivity contribution in [1.82, 2.24) is 15.0 Å². The highest BCUT2D eigenvalue weighted by molar-refractivity contribution is 5.81. The number of aliphatic hydroxyl groups excluding tert-OH is 1. The smallest absolute Gasteiger partial charge is 0.165 e. The number of fused-ring (bicyclic) bond motifs is 1. The van der Waals surface area contributed by atoms with E-state index in [1.165, 1.54) is 6.20 Å². The summed E-state index contributed by atoms with van der Waals surface area (Å²) in [6, 6.07) is 7.16. The standard InChI is InChI=1S/C25H30FN5O3/c1-25(33,17-3-5-18(32)6-4-17)22-7-2-16-14-27-23(12-20(16)29-22)30-21-13-24(28-15-19(21)26)31-8-10-34-11-9-31/h2,7,12-15,17-18,32-33H,3-6,8-11H2,1H3,(H,27,28,30)/t17?,18?,25-/m1/s1. The first-order valence-corrected chi connectivity index (χ1v) is 11.8. The Morgan fingerprint density at radius 1 is 1.09 bits per heavy atom. The van der Waals surface area contributed by atoms with Gasteiger partial charge in [-0.2, -0.15) is 0 Å². The SMILES string of the molecule is C[C@](O)(c1ccc2cnc(Nc3cc(N4CCOCC4)ncc3F)cc2n1)C1CCC(O)CC1. The molecule has 0 radical (unpaired) electrons. The topological polar surface area (TPSA) is 104 Å². The van der Waals surface area contributed by atoms with E-state index >= 15 is 0 Å². The normalized spacial score (nSPS) is 23.0. The molecule has 1 saturated heterocycles. The molecule has 1 atom stereocenters. The van der Waals surface area contributed by atoms with Gasteiger partial charge in [-0.25, -0.2) is 19.3 Å². The molecule has 0 amide bonds. The van der Waals surface area contributed by atoms with Crippen molar-refractivity contribution in [3.63, 3.8) is 0 Å². The molecule has 180 valence electrons. The molecule has 0 aromatic carbocycles. The third kappa shape index (κ3) is 4.68. The molecule has 1 aliphatic heterocycles. The average molecular weight is 468 g/mol. The number of morpholine rings is 1. The lowest BCUT2D eigenvalue weighted by atomic mass is 9.75. The number of nitrogens with one attached hydrogen (secondary N) is 1. The van der Waals surface area contributed by atoms with Gasteiger partial charge in [-0.3, -0.25) is 0 Å². The van der Waals surface area contributed by atoms with Gasteiger partial charge in [0.25, 0.3) is 0 Å². The van der Waals surface area contributed by atoms with Gasteiger partial charge in [0.2, 0.25) is 0 Å². The van der Waals surface area contributed by atoms with Crippen molar-refractivity contribution in [3.05, 3.63) is 48.2 Å². The molecule has 34 heavy (non-hydrogen) atoms. The van der Waals surface area contributed by atoms with Crippen LogP contribution in [0.15, 0.2) is 36.7 Å². The van der Waals surface area contributed by atoms with Crippen LogP contribution in [0.4, 0.5) is 21.7 Å². The number of pyridine rings is 3. The summed E-state index contributed by atoms with van der Waals surface area (Å²) in [5.41, 5.74) is 0.430. The molecule has 3 aromatic heterocycles. The molecule has 0 unspecified atom stereocenters. The molecule has 5 rings (SSSR count). The Kier molecular flexibility index (Phi) is 6.33. The minimum atomic E-state index is -1.10. The summed E-state index contributed by atoms with van der Waals surface area (Å²) in [4.78, 5) is 15.4. The van der Waals surface area contributed by atoms with Gasteiger partial charge in [0, 0.05) is 36.8 Å². The molecule has 3 aromatic rings. The summed E-state index contributed by atoms with van der Waals surface area (Å²) in [5, 5.41) is 25.0. The molecule has 0 spiro atoms. The average Bonchev–Trinajstić information content (AvgIpc) is 2.86. The molecular formula is C25H30FN5O3. The largest absolute Gasteiger partial charge is 0.393 e. The highest BCUT2D eigenvalue weighted by atomic mass is 19.1. The second-order valence-corrected chi connectivity index (χ2v) is 9.36. The molecular weight excluding hydrogens is 437 g/mol. The van der Waals surface area contributed by atoms with Crippen LogP contribution in [0, 0.1) is 11.7 Å². The fourth-order valence-corrected chi connectivity index (χ4v) is 4.84. The Hall–Kier alpha value is -2.88. The number of hydrogen-bond acceptors (Lipinski definition) is 8. The first-order chi connectivity index (χ1) is 16.4. The van der Waals surface area contributed by atoms with Crippen LogP contribution in [0.3, 0.4) is 0 Å². The van der Waals surface area contributed by atoms with Gasteiger partial charge in [0.15, 0.2) is 5.82 Å². The molecule has 2 fully saturated rings. The number of anilines is 3. The van der Waals surface area contributed by atoms with Crippen molar-refractivity contribution in [1.29, 1.82) is 0 Å². The van der Waals surface area contributed by atoms with E-state index in [0.29, 0.717) is 62.0 Å². The quantitative estimate of drug-likeness (QED) is 0.524. The summed E-state index contributed by atoms with van der Waals surface area (Å²) in [5.74, 6) is 0.700. The predicted molar refractivity (Wildman–Crippen MR) is 128 cm³/mol. The van der Waals surface area contributed by atoms with Crippen molar-refractivity contribution < 1.29 is 19.3 Å². The van der Waals surface area contributed by atoms with Gasteiger partial charge >= 0.3 is 0 Å². The van der Waals surface area contributed by atoms with Crippen molar-refractivity contribution in [2.24, 2.45) is 5.92 Å². The minimum absolute atomic E-state index is 0.0322. The number of halogens is 1. The second kappa shape index (κ2) is 9.40. The lowest BCUT2D eigenvalue weighted by Crippen LogP contribution is -2.36. The third-order valence-corrected chi connectivity index (χ3v) is 7.02. The number of rotatable bonds is 5. The van der Waals surface area contributed by atoms with E-state index in [-0.39, 0.29) is 17.7 Å². The monoisotopic (exact) mass is 467 g/mol. The van der Waals surface area contributed by atoms with Crippen LogP contribution in [0.1, 0.15) is 38.3 Å². The maximum absolute atomic E-state index is 14.5. The zero-order chi connectivity index (χ0) is 23.7. The van der Waals surface area contributed by atoms with Crippen LogP contribution in [-0.4, -0.2) is 57.6 Å². The van der Waals surface area contributed by atoms with Crippen LogP contribution in [-0.2, 0) is 10.3 Å². The van der Waals surface area contributed by atoms with Gasteiger partial charge < -0.3 is 25.2 Å². The molecule has 3 N–H and O–H groups in total. The van der Waals surface area contributed by atoms with Gasteiger partial charge in [-0.05, 0) is 50.7 Å². The summed E-state index contributed by atoms with van der Waals surface area (Å²) < 4.78 is 19.9. The Morgan fingerprint density at radius 2 is 1.85 bits per heavy atom. The highest BCUT2D eigenvalue weighted by Gasteiger charge is 2.37. The maximum atomic E-state index is 14.5. The summed E-state index contributed by atoms with van der Waals surface area (Å²) >= 11 is 0. The van der Waals surface area contributed by atoms with Gasteiger partial charge in [-0.1, -0.05) is 0 Å². The van der Waals surface area contributed by atoms with Crippen LogP contribution in [0.2, 0.25) is 0 Å². The molecule has 0 bridgehead atoms. The fourth-order valence-electron chi connectivity index (χ4n) is 4.84. The lowest BCUT2D eigenvalue weighted by molar-refractivity contribution is -0.0408. The second-order valence-electron chi connectivity index (χ2n) is 9.36. The number of aromatic nitrogens is 3. The minimum Gasteiger partial charge on any atom is -0.393 e. The Labute approximate surface area is 197 Å².